The van der Waals surface area contributed by atoms with E-state index in [2.05, 4.69) is 36.5 Å². The number of hydrogen-bond donors (Lipinski definition) is 1. The zero-order chi connectivity index (χ0) is 13.4. The molecule has 18 heavy (non-hydrogen) atoms. The minimum Gasteiger partial charge on any atom is -0.380 e. The lowest BCUT2D eigenvalue weighted by Crippen LogP contribution is -2.43. The minimum atomic E-state index is 0.281. The zero-order valence-corrected chi connectivity index (χ0v) is 12.8. The van der Waals surface area contributed by atoms with Gasteiger partial charge in [0.25, 0.3) is 0 Å². The fraction of sp³-hybridized carbons (Fsp3) is 0.786. The Bertz CT molecular complexity index is 327. The Morgan fingerprint density at radius 1 is 1.39 bits per heavy atom. The van der Waals surface area contributed by atoms with Crippen molar-refractivity contribution in [1.82, 2.24) is 10.3 Å². The first-order valence-electron chi connectivity index (χ1n) is 6.88. The number of aryl methyl sites for hydroxylation is 1. The molecule has 0 amide bonds. The number of thiazole rings is 1. The molecule has 0 saturated carbocycles. The van der Waals surface area contributed by atoms with Crippen LogP contribution in [0, 0.1) is 6.92 Å². The van der Waals surface area contributed by atoms with Gasteiger partial charge in [-0.3, -0.25) is 0 Å². The maximum atomic E-state index is 5.64. The van der Waals surface area contributed by atoms with Crippen LogP contribution in [0.25, 0.3) is 0 Å². The van der Waals surface area contributed by atoms with E-state index in [4.69, 9.17) is 4.74 Å². The van der Waals surface area contributed by atoms with Gasteiger partial charge in [-0.1, -0.05) is 20.3 Å². The van der Waals surface area contributed by atoms with Crippen LogP contribution >= 0.6 is 11.3 Å². The monoisotopic (exact) mass is 270 g/mol. The molecule has 0 aliphatic heterocycles. The van der Waals surface area contributed by atoms with Gasteiger partial charge in [0.15, 0.2) is 0 Å². The molecule has 4 heteroatoms. The summed E-state index contributed by atoms with van der Waals surface area (Å²) < 4.78 is 5.64. The fourth-order valence-electron chi connectivity index (χ4n) is 2.16. The highest BCUT2D eigenvalue weighted by atomic mass is 32.1. The molecule has 104 valence electrons. The summed E-state index contributed by atoms with van der Waals surface area (Å²) in [6.07, 6.45) is 4.64. The molecule has 1 aromatic heterocycles. The van der Waals surface area contributed by atoms with E-state index in [-0.39, 0.29) is 6.10 Å². The number of hydrogen-bond acceptors (Lipinski definition) is 4. The molecule has 0 spiro atoms. The van der Waals surface area contributed by atoms with Gasteiger partial charge in [-0.15, -0.1) is 11.3 Å². The minimum absolute atomic E-state index is 0.281. The third-order valence-electron chi connectivity index (χ3n) is 3.08. The van der Waals surface area contributed by atoms with Crippen LogP contribution in [0.2, 0.25) is 0 Å². The molecule has 2 atom stereocenters. The normalized spacial score (nSPS) is 14.7. The molecular formula is C14H26N2OS. The summed E-state index contributed by atoms with van der Waals surface area (Å²) in [6, 6.07) is 0.372. The van der Waals surface area contributed by atoms with E-state index in [1.165, 1.54) is 5.69 Å². The lowest BCUT2D eigenvalue weighted by atomic mass is 10.0. The summed E-state index contributed by atoms with van der Waals surface area (Å²) in [6.45, 7) is 7.49. The molecule has 0 aromatic carbocycles. The highest BCUT2D eigenvalue weighted by Crippen LogP contribution is 2.15. The molecule has 0 bridgehead atoms. The first-order chi connectivity index (χ1) is 8.71. The fourth-order valence-corrected chi connectivity index (χ4v) is 2.79. The van der Waals surface area contributed by atoms with E-state index in [9.17, 15) is 0 Å². The largest absolute Gasteiger partial charge is 0.380 e. The van der Waals surface area contributed by atoms with Gasteiger partial charge in [0.05, 0.1) is 16.8 Å². The van der Waals surface area contributed by atoms with Crippen LogP contribution in [0.3, 0.4) is 0 Å². The molecule has 0 aliphatic carbocycles. The Kier molecular flexibility index (Phi) is 7.47. The van der Waals surface area contributed by atoms with Crippen LogP contribution in [0.15, 0.2) is 5.38 Å². The molecule has 3 nitrogen and oxygen atoms in total. The van der Waals surface area contributed by atoms with Crippen molar-refractivity contribution in [2.75, 3.05) is 13.7 Å². The molecule has 1 N–H and O–H groups in total. The smallest absolute Gasteiger partial charge is 0.0897 e. The number of methoxy groups -OCH3 is 1. The van der Waals surface area contributed by atoms with Crippen molar-refractivity contribution in [3.63, 3.8) is 0 Å². The van der Waals surface area contributed by atoms with Crippen molar-refractivity contribution in [2.45, 2.75) is 58.6 Å². The van der Waals surface area contributed by atoms with E-state index < -0.39 is 0 Å². The van der Waals surface area contributed by atoms with E-state index in [0.29, 0.717) is 6.04 Å². The van der Waals surface area contributed by atoms with Crippen LogP contribution in [-0.4, -0.2) is 30.8 Å². The number of rotatable bonds is 9. The summed E-state index contributed by atoms with van der Waals surface area (Å²) in [7, 11) is 1.81. The van der Waals surface area contributed by atoms with E-state index in [1.807, 2.05) is 7.11 Å². The van der Waals surface area contributed by atoms with Crippen molar-refractivity contribution in [2.24, 2.45) is 0 Å². The Morgan fingerprint density at radius 3 is 2.67 bits per heavy atom. The molecule has 0 radical (unpaired) electrons. The Labute approximate surface area is 115 Å². The van der Waals surface area contributed by atoms with Crippen LogP contribution in [-0.2, 0) is 11.2 Å². The second-order valence-corrected chi connectivity index (χ2v) is 5.75. The molecule has 1 heterocycles. The maximum Gasteiger partial charge on any atom is 0.0897 e. The molecule has 2 unspecified atom stereocenters. The quantitative estimate of drug-likeness (QED) is 0.748. The molecule has 0 saturated heterocycles. The van der Waals surface area contributed by atoms with Crippen molar-refractivity contribution in [3.05, 3.63) is 16.1 Å². The van der Waals surface area contributed by atoms with Crippen molar-refractivity contribution < 1.29 is 4.74 Å². The first-order valence-corrected chi connectivity index (χ1v) is 7.76. The SMILES string of the molecule is CCCNC(Cc1csc(C)n1)C(CCC)OC. The Morgan fingerprint density at radius 2 is 2.17 bits per heavy atom. The third kappa shape index (κ3) is 5.04. The lowest BCUT2D eigenvalue weighted by Gasteiger charge is -2.26. The van der Waals surface area contributed by atoms with Crippen LogP contribution in [0.4, 0.5) is 0 Å². The van der Waals surface area contributed by atoms with Gasteiger partial charge in [-0.2, -0.15) is 0 Å². The summed E-state index contributed by atoms with van der Waals surface area (Å²) in [5.74, 6) is 0. The zero-order valence-electron chi connectivity index (χ0n) is 12.0. The summed E-state index contributed by atoms with van der Waals surface area (Å²) in [4.78, 5) is 4.56. The van der Waals surface area contributed by atoms with Crippen molar-refractivity contribution in [1.29, 1.82) is 0 Å². The van der Waals surface area contributed by atoms with Gasteiger partial charge in [0, 0.05) is 25.0 Å². The van der Waals surface area contributed by atoms with Crippen molar-refractivity contribution in [3.8, 4) is 0 Å². The molecule has 1 aromatic rings. The van der Waals surface area contributed by atoms with E-state index in [0.717, 1.165) is 37.2 Å². The van der Waals surface area contributed by atoms with Crippen LogP contribution in [0.1, 0.15) is 43.8 Å². The van der Waals surface area contributed by atoms with Crippen LogP contribution < -0.4 is 5.32 Å². The summed E-state index contributed by atoms with van der Waals surface area (Å²) in [5.41, 5.74) is 1.18. The number of nitrogens with one attached hydrogen (secondary N) is 1. The highest BCUT2D eigenvalue weighted by molar-refractivity contribution is 7.09. The average molecular weight is 270 g/mol. The van der Waals surface area contributed by atoms with Gasteiger partial charge >= 0.3 is 0 Å². The van der Waals surface area contributed by atoms with Gasteiger partial charge in [-0.25, -0.2) is 4.98 Å². The highest BCUT2D eigenvalue weighted by Gasteiger charge is 2.21. The van der Waals surface area contributed by atoms with Crippen LogP contribution in [0.5, 0.6) is 0 Å². The average Bonchev–Trinajstić information content (AvgIpc) is 2.77. The van der Waals surface area contributed by atoms with E-state index >= 15 is 0 Å². The van der Waals surface area contributed by atoms with Gasteiger partial charge in [0.1, 0.15) is 0 Å². The van der Waals surface area contributed by atoms with Gasteiger partial charge < -0.3 is 10.1 Å². The predicted molar refractivity (Wildman–Crippen MR) is 78.3 cm³/mol. The molecular weight excluding hydrogens is 244 g/mol. The Balaban J connectivity index is 2.63. The summed E-state index contributed by atoms with van der Waals surface area (Å²) in [5, 5.41) is 6.91. The predicted octanol–water partition coefficient (Wildman–Crippen LogP) is 3.18. The van der Waals surface area contributed by atoms with Crippen molar-refractivity contribution >= 4 is 11.3 Å². The third-order valence-corrected chi connectivity index (χ3v) is 3.90. The Hall–Kier alpha value is -0.450. The van der Waals surface area contributed by atoms with E-state index in [1.54, 1.807) is 11.3 Å². The first kappa shape index (κ1) is 15.6. The molecule has 0 fully saturated rings. The molecule has 0 aliphatic rings. The maximum absolute atomic E-state index is 5.64. The summed E-state index contributed by atoms with van der Waals surface area (Å²) >= 11 is 1.72. The molecule has 1 rings (SSSR count). The second kappa shape index (κ2) is 8.62. The van der Waals surface area contributed by atoms with Gasteiger partial charge in [0.2, 0.25) is 0 Å². The number of ether oxygens (including phenoxy) is 1. The van der Waals surface area contributed by atoms with Gasteiger partial charge in [-0.05, 0) is 26.3 Å². The number of aromatic nitrogens is 1. The second-order valence-electron chi connectivity index (χ2n) is 4.69. The topological polar surface area (TPSA) is 34.2 Å². The lowest BCUT2D eigenvalue weighted by molar-refractivity contribution is 0.0606. The number of nitrogens with zero attached hydrogens (tertiary/aromatic N) is 1. The standard InChI is InChI=1S/C14H26N2OS/c1-5-7-14(17-4)13(15-8-6-2)9-12-10-18-11(3)16-12/h10,13-15H,5-9H2,1-4H3.